The fourth-order valence-electron chi connectivity index (χ4n) is 3.43. The van der Waals surface area contributed by atoms with Crippen molar-refractivity contribution in [3.8, 4) is 0 Å². The van der Waals surface area contributed by atoms with Gasteiger partial charge in [0, 0.05) is 24.7 Å². The Bertz CT molecular complexity index is 1060. The lowest BCUT2D eigenvalue weighted by atomic mass is 9.75. The van der Waals surface area contributed by atoms with Crippen molar-refractivity contribution in [1.82, 2.24) is 9.88 Å². The topological polar surface area (TPSA) is 99.3 Å². The summed E-state index contributed by atoms with van der Waals surface area (Å²) in [6.07, 6.45) is 0.892. The third kappa shape index (κ3) is 4.56. The van der Waals surface area contributed by atoms with Crippen LogP contribution < -0.4 is 10.9 Å². The molecule has 152 valence electrons. The molecule has 2 aromatic rings. The van der Waals surface area contributed by atoms with Crippen LogP contribution in [0.3, 0.4) is 0 Å². The molecule has 0 saturated heterocycles. The Balaban J connectivity index is 1.77. The number of hydrogen-bond acceptors (Lipinski definition) is 4. The normalized spacial score (nSPS) is 14.8. The van der Waals surface area contributed by atoms with Gasteiger partial charge in [0.05, 0.1) is 17.3 Å². The molecule has 2 amide bonds. The van der Waals surface area contributed by atoms with Gasteiger partial charge in [0.15, 0.2) is 5.78 Å². The molecular formula is C21H22ClN3O4. The van der Waals surface area contributed by atoms with Gasteiger partial charge >= 0.3 is 0 Å². The lowest BCUT2D eigenvalue weighted by Gasteiger charge is -2.30. The highest BCUT2D eigenvalue weighted by Crippen LogP contribution is 2.33. The Morgan fingerprint density at radius 2 is 1.90 bits per heavy atom. The van der Waals surface area contributed by atoms with Crippen molar-refractivity contribution in [3.05, 3.63) is 62.5 Å². The minimum atomic E-state index is -0.638. The third-order valence-electron chi connectivity index (χ3n) is 4.82. The predicted octanol–water partition coefficient (Wildman–Crippen LogP) is 2.89. The highest BCUT2D eigenvalue weighted by atomic mass is 35.5. The quantitative estimate of drug-likeness (QED) is 0.801. The number of fused-ring (bicyclic) bond motifs is 1. The first-order chi connectivity index (χ1) is 13.6. The van der Waals surface area contributed by atoms with Crippen LogP contribution in [0, 0.1) is 5.41 Å². The Kier molecular flexibility index (Phi) is 5.61. The molecule has 1 aliphatic rings. The highest BCUT2D eigenvalue weighted by Gasteiger charge is 2.33. The number of nitrogens with one attached hydrogen (secondary N) is 2. The molecule has 0 bridgehead atoms. The molecule has 1 aromatic heterocycles. The monoisotopic (exact) mass is 415 g/mol. The first-order valence-electron chi connectivity index (χ1n) is 9.16. The number of Topliss-reactive ketones (excluding diaryl/α,β-unsaturated/α-hetero) is 1. The molecule has 3 rings (SSSR count). The zero-order valence-corrected chi connectivity index (χ0v) is 17.2. The van der Waals surface area contributed by atoms with Gasteiger partial charge in [-0.25, -0.2) is 0 Å². The maximum atomic E-state index is 12.7. The number of nitrogens with zero attached hydrogens (tertiary/aromatic N) is 1. The van der Waals surface area contributed by atoms with Crippen LogP contribution in [0.5, 0.6) is 0 Å². The molecule has 1 aliphatic carbocycles. The lowest BCUT2D eigenvalue weighted by Crippen LogP contribution is -2.39. The average Bonchev–Trinajstić information content (AvgIpc) is 2.61. The van der Waals surface area contributed by atoms with Crippen molar-refractivity contribution in [1.29, 1.82) is 0 Å². The van der Waals surface area contributed by atoms with Gasteiger partial charge in [0.1, 0.15) is 5.56 Å². The van der Waals surface area contributed by atoms with E-state index in [1.54, 1.807) is 24.3 Å². The third-order valence-corrected chi connectivity index (χ3v) is 5.15. The number of aromatic nitrogens is 1. The molecule has 29 heavy (non-hydrogen) atoms. The SMILES string of the molecule is CN(CC(=O)Nc1ccccc1Cl)C(=O)c1cc2c([nH]c1=O)CC(C)(C)CC2=O. The first kappa shape index (κ1) is 20.8. The van der Waals surface area contributed by atoms with Gasteiger partial charge in [0.25, 0.3) is 11.5 Å². The number of carbonyl (C=O) groups excluding carboxylic acids is 3. The van der Waals surface area contributed by atoms with E-state index in [0.29, 0.717) is 34.8 Å². The largest absolute Gasteiger partial charge is 0.332 e. The van der Waals surface area contributed by atoms with E-state index in [1.165, 1.54) is 13.1 Å². The van der Waals surface area contributed by atoms with Crippen LogP contribution >= 0.6 is 11.6 Å². The van der Waals surface area contributed by atoms with Crippen molar-refractivity contribution < 1.29 is 14.4 Å². The van der Waals surface area contributed by atoms with E-state index in [1.807, 2.05) is 13.8 Å². The van der Waals surface area contributed by atoms with Gasteiger partial charge < -0.3 is 15.2 Å². The molecule has 8 heteroatoms. The van der Waals surface area contributed by atoms with E-state index in [4.69, 9.17) is 11.6 Å². The zero-order valence-electron chi connectivity index (χ0n) is 16.5. The molecule has 0 radical (unpaired) electrons. The van der Waals surface area contributed by atoms with Gasteiger partial charge in [-0.15, -0.1) is 0 Å². The molecule has 0 spiro atoms. The lowest BCUT2D eigenvalue weighted by molar-refractivity contribution is -0.116. The number of carbonyl (C=O) groups is 3. The minimum Gasteiger partial charge on any atom is -0.332 e. The van der Waals surface area contributed by atoms with Crippen LogP contribution in [0.2, 0.25) is 5.02 Å². The zero-order chi connectivity index (χ0) is 21.3. The van der Waals surface area contributed by atoms with E-state index >= 15 is 0 Å². The van der Waals surface area contributed by atoms with E-state index in [-0.39, 0.29) is 23.3 Å². The molecule has 1 heterocycles. The molecule has 0 unspecified atom stereocenters. The Morgan fingerprint density at radius 3 is 2.59 bits per heavy atom. The average molecular weight is 416 g/mol. The number of rotatable bonds is 4. The summed E-state index contributed by atoms with van der Waals surface area (Å²) in [5.41, 5.74) is 0.363. The Hall–Kier alpha value is -2.93. The Morgan fingerprint density at radius 1 is 1.21 bits per heavy atom. The molecule has 7 nitrogen and oxygen atoms in total. The number of likely N-dealkylation sites (N-methyl/N-ethyl adjacent to an activating group) is 1. The van der Waals surface area contributed by atoms with Crippen molar-refractivity contribution in [2.45, 2.75) is 26.7 Å². The van der Waals surface area contributed by atoms with Crippen LogP contribution in [-0.2, 0) is 11.2 Å². The van der Waals surface area contributed by atoms with E-state index < -0.39 is 17.4 Å². The number of halogens is 1. The maximum Gasteiger partial charge on any atom is 0.261 e. The van der Waals surface area contributed by atoms with Crippen molar-refractivity contribution in [2.24, 2.45) is 5.41 Å². The summed E-state index contributed by atoms with van der Waals surface area (Å²) in [4.78, 5) is 53.7. The van der Waals surface area contributed by atoms with Gasteiger partial charge in [-0.1, -0.05) is 37.6 Å². The molecule has 1 aromatic carbocycles. The summed E-state index contributed by atoms with van der Waals surface area (Å²) in [7, 11) is 1.42. The number of ketones is 1. The standard InChI is InChI=1S/C21H22ClN3O4/c1-21(2)9-16-12(17(26)10-21)8-13(19(28)24-16)20(29)25(3)11-18(27)23-15-7-5-4-6-14(15)22/h4-8H,9-11H2,1-3H3,(H,23,27)(H,24,28). The number of benzene rings is 1. The first-order valence-corrected chi connectivity index (χ1v) is 9.54. The van der Waals surface area contributed by atoms with Crippen molar-refractivity contribution >= 4 is 34.9 Å². The molecule has 0 aliphatic heterocycles. The maximum absolute atomic E-state index is 12.7. The van der Waals surface area contributed by atoms with E-state index in [0.717, 1.165) is 4.90 Å². The number of aromatic amines is 1. The van der Waals surface area contributed by atoms with E-state index in [9.17, 15) is 19.2 Å². The number of hydrogen-bond donors (Lipinski definition) is 2. The highest BCUT2D eigenvalue weighted by molar-refractivity contribution is 6.33. The summed E-state index contributed by atoms with van der Waals surface area (Å²) in [5, 5.41) is 3.00. The van der Waals surface area contributed by atoms with Gasteiger partial charge in [0.2, 0.25) is 5.91 Å². The molecular weight excluding hydrogens is 394 g/mol. The van der Waals surface area contributed by atoms with E-state index in [2.05, 4.69) is 10.3 Å². The summed E-state index contributed by atoms with van der Waals surface area (Å²) in [5.74, 6) is -1.21. The van der Waals surface area contributed by atoms with Gasteiger partial charge in [-0.3, -0.25) is 19.2 Å². The number of para-hydroxylation sites is 1. The molecule has 2 N–H and O–H groups in total. The van der Waals surface area contributed by atoms with Crippen LogP contribution in [0.15, 0.2) is 35.1 Å². The fourth-order valence-corrected chi connectivity index (χ4v) is 3.61. The second kappa shape index (κ2) is 7.83. The van der Waals surface area contributed by atoms with Gasteiger partial charge in [-0.2, -0.15) is 0 Å². The van der Waals surface area contributed by atoms with Crippen molar-refractivity contribution in [2.75, 3.05) is 18.9 Å². The predicted molar refractivity (Wildman–Crippen MR) is 111 cm³/mol. The van der Waals surface area contributed by atoms with Crippen LogP contribution in [0.4, 0.5) is 5.69 Å². The fraction of sp³-hybridized carbons (Fsp3) is 0.333. The summed E-state index contributed by atoms with van der Waals surface area (Å²) >= 11 is 6.01. The van der Waals surface area contributed by atoms with Crippen molar-refractivity contribution in [3.63, 3.8) is 0 Å². The van der Waals surface area contributed by atoms with Crippen LogP contribution in [0.25, 0.3) is 0 Å². The Labute approximate surface area is 173 Å². The smallest absolute Gasteiger partial charge is 0.261 e. The van der Waals surface area contributed by atoms with Crippen LogP contribution in [0.1, 0.15) is 46.7 Å². The molecule has 0 atom stereocenters. The number of anilines is 1. The summed E-state index contributed by atoms with van der Waals surface area (Å²) < 4.78 is 0. The van der Waals surface area contributed by atoms with Crippen LogP contribution in [-0.4, -0.2) is 41.1 Å². The van der Waals surface area contributed by atoms with Gasteiger partial charge in [-0.05, 0) is 30.0 Å². The minimum absolute atomic E-state index is 0.110. The summed E-state index contributed by atoms with van der Waals surface area (Å²) in [6, 6.07) is 8.08. The molecule has 0 fully saturated rings. The molecule has 0 saturated carbocycles. The number of H-pyrrole nitrogens is 1. The summed E-state index contributed by atoms with van der Waals surface area (Å²) in [6.45, 7) is 3.63. The second-order valence-corrected chi connectivity index (χ2v) is 8.44. The number of pyridine rings is 1. The number of amides is 2. The second-order valence-electron chi connectivity index (χ2n) is 8.03.